The van der Waals surface area contributed by atoms with Crippen LogP contribution in [0.4, 0.5) is 0 Å². The van der Waals surface area contributed by atoms with Crippen LogP contribution in [0.1, 0.15) is 53.0 Å². The molecule has 0 spiro atoms. The van der Waals surface area contributed by atoms with Crippen molar-refractivity contribution in [1.82, 2.24) is 30.0 Å². The Morgan fingerprint density at radius 2 is 2.00 bits per heavy atom. The van der Waals surface area contributed by atoms with Gasteiger partial charge in [-0.05, 0) is 38.3 Å². The molecule has 138 valence electrons. The Morgan fingerprint density at radius 1 is 1.19 bits per heavy atom. The monoisotopic (exact) mass is 364 g/mol. The Hall–Kier alpha value is -3.03. The number of likely N-dealkylation sites (tertiary alicyclic amines) is 1. The maximum atomic E-state index is 12.7. The zero-order valence-electron chi connectivity index (χ0n) is 15.1. The van der Waals surface area contributed by atoms with Gasteiger partial charge < -0.3 is 9.42 Å². The van der Waals surface area contributed by atoms with Crippen molar-refractivity contribution in [3.8, 4) is 11.6 Å². The zero-order chi connectivity index (χ0) is 18.4. The Bertz CT molecular complexity index is 972. The number of nitrogens with zero attached hydrogens (tertiary/aromatic N) is 6. The van der Waals surface area contributed by atoms with Gasteiger partial charge in [0.25, 0.3) is 11.8 Å². The maximum Gasteiger partial charge on any atom is 0.280 e. The van der Waals surface area contributed by atoms with Crippen LogP contribution in [0, 0.1) is 6.92 Å². The molecule has 1 aliphatic carbocycles. The summed E-state index contributed by atoms with van der Waals surface area (Å²) in [7, 11) is 0. The van der Waals surface area contributed by atoms with Crippen LogP contribution < -0.4 is 0 Å². The summed E-state index contributed by atoms with van der Waals surface area (Å²) < 4.78 is 7.12. The number of amides is 1. The Kier molecular flexibility index (Phi) is 3.77. The normalized spacial score (nSPS) is 19.6. The number of carbonyl (C=O) groups excluding carboxylic acids is 1. The molecule has 0 radical (unpaired) electrons. The molecular formula is C19H20N6O2. The Balaban J connectivity index is 1.28. The molecule has 3 aromatic rings. The average Bonchev–Trinajstić information content (AvgIpc) is 3.09. The minimum Gasteiger partial charge on any atom is -0.336 e. The number of aryl methyl sites for hydroxylation is 1. The molecule has 2 aromatic heterocycles. The summed E-state index contributed by atoms with van der Waals surface area (Å²) in [6.45, 7) is 3.34. The number of hydrogen-bond acceptors (Lipinski definition) is 6. The molecule has 0 unspecified atom stereocenters. The van der Waals surface area contributed by atoms with E-state index in [0.29, 0.717) is 30.6 Å². The fourth-order valence-corrected chi connectivity index (χ4v) is 3.42. The van der Waals surface area contributed by atoms with Crippen LogP contribution in [0.15, 0.2) is 35.0 Å². The van der Waals surface area contributed by atoms with Crippen LogP contribution in [0.25, 0.3) is 11.6 Å². The Labute approximate surface area is 156 Å². The van der Waals surface area contributed by atoms with Crippen molar-refractivity contribution < 1.29 is 9.32 Å². The summed E-state index contributed by atoms with van der Waals surface area (Å²) >= 11 is 0. The van der Waals surface area contributed by atoms with Crippen molar-refractivity contribution in [2.45, 2.75) is 38.1 Å². The van der Waals surface area contributed by atoms with E-state index in [1.54, 1.807) is 4.68 Å². The van der Waals surface area contributed by atoms with Crippen molar-refractivity contribution in [1.29, 1.82) is 0 Å². The topological polar surface area (TPSA) is 89.9 Å². The molecule has 1 aromatic carbocycles. The highest BCUT2D eigenvalue weighted by molar-refractivity contribution is 5.94. The van der Waals surface area contributed by atoms with Gasteiger partial charge in [-0.1, -0.05) is 28.1 Å². The van der Waals surface area contributed by atoms with E-state index in [0.717, 1.165) is 36.2 Å². The third-order valence-electron chi connectivity index (χ3n) is 5.24. The molecule has 5 rings (SSSR count). The average molecular weight is 364 g/mol. The fourth-order valence-electron chi connectivity index (χ4n) is 3.42. The smallest absolute Gasteiger partial charge is 0.280 e. The van der Waals surface area contributed by atoms with Crippen molar-refractivity contribution in [2.75, 3.05) is 13.1 Å². The van der Waals surface area contributed by atoms with E-state index in [2.05, 4.69) is 20.5 Å². The van der Waals surface area contributed by atoms with Gasteiger partial charge in [0.15, 0.2) is 11.5 Å². The van der Waals surface area contributed by atoms with Crippen LogP contribution >= 0.6 is 0 Å². The quantitative estimate of drug-likeness (QED) is 0.707. The van der Waals surface area contributed by atoms with Gasteiger partial charge in [-0.2, -0.15) is 4.98 Å². The largest absolute Gasteiger partial charge is 0.336 e. The second-order valence-electron chi connectivity index (χ2n) is 7.38. The molecule has 3 heterocycles. The van der Waals surface area contributed by atoms with E-state index >= 15 is 0 Å². The summed E-state index contributed by atoms with van der Waals surface area (Å²) in [4.78, 5) is 19.0. The lowest BCUT2D eigenvalue weighted by Crippen LogP contribution is -2.29. The van der Waals surface area contributed by atoms with Crippen LogP contribution in [0.3, 0.4) is 0 Å². The SMILES string of the molecule is Cc1ccc(C(=O)N2CC[C@H](n3cc(-c4nc(C5CC5)no4)nn3)C2)cc1. The molecule has 2 aliphatic rings. The number of hydrogen-bond donors (Lipinski definition) is 0. The molecular weight excluding hydrogens is 344 g/mol. The van der Waals surface area contributed by atoms with Crippen LogP contribution in [0.5, 0.6) is 0 Å². The fraction of sp³-hybridized carbons (Fsp3) is 0.421. The van der Waals surface area contributed by atoms with E-state index in [1.165, 1.54) is 0 Å². The number of carbonyl (C=O) groups is 1. The second kappa shape index (κ2) is 6.29. The molecule has 8 nitrogen and oxygen atoms in total. The van der Waals surface area contributed by atoms with Gasteiger partial charge in [-0.25, -0.2) is 4.68 Å². The molecule has 1 aliphatic heterocycles. The van der Waals surface area contributed by atoms with Gasteiger partial charge >= 0.3 is 0 Å². The predicted molar refractivity (Wildman–Crippen MR) is 96.0 cm³/mol. The summed E-state index contributed by atoms with van der Waals surface area (Å²) in [6.07, 6.45) is 4.92. The predicted octanol–water partition coefficient (Wildman–Crippen LogP) is 2.60. The van der Waals surface area contributed by atoms with Crippen molar-refractivity contribution in [2.24, 2.45) is 0 Å². The maximum absolute atomic E-state index is 12.7. The minimum absolute atomic E-state index is 0.0591. The second-order valence-corrected chi connectivity index (χ2v) is 7.38. The Morgan fingerprint density at radius 3 is 2.78 bits per heavy atom. The third-order valence-corrected chi connectivity index (χ3v) is 5.24. The number of rotatable bonds is 4. The summed E-state index contributed by atoms with van der Waals surface area (Å²) in [5.74, 6) is 1.67. The third kappa shape index (κ3) is 3.11. The van der Waals surface area contributed by atoms with Crippen LogP contribution in [-0.4, -0.2) is 49.0 Å². The first kappa shape index (κ1) is 16.2. The summed E-state index contributed by atoms with van der Waals surface area (Å²) in [6, 6.07) is 7.79. The number of aromatic nitrogens is 5. The van der Waals surface area contributed by atoms with E-state index in [1.807, 2.05) is 42.3 Å². The van der Waals surface area contributed by atoms with E-state index in [-0.39, 0.29) is 11.9 Å². The highest BCUT2D eigenvalue weighted by Gasteiger charge is 2.31. The standard InChI is InChI=1S/C19H20N6O2/c1-12-2-4-14(5-3-12)19(26)24-9-8-15(10-24)25-11-16(21-23-25)18-20-17(22-27-18)13-6-7-13/h2-5,11,13,15H,6-10H2,1H3/t15-/m0/s1. The van der Waals surface area contributed by atoms with Crippen molar-refractivity contribution >= 4 is 5.91 Å². The highest BCUT2D eigenvalue weighted by atomic mass is 16.5. The zero-order valence-corrected chi connectivity index (χ0v) is 15.1. The van der Waals surface area contributed by atoms with Crippen LogP contribution in [0.2, 0.25) is 0 Å². The van der Waals surface area contributed by atoms with Gasteiger partial charge in [-0.15, -0.1) is 5.10 Å². The van der Waals surface area contributed by atoms with Gasteiger partial charge in [0.1, 0.15) is 0 Å². The minimum atomic E-state index is 0.0591. The lowest BCUT2D eigenvalue weighted by atomic mass is 10.1. The lowest BCUT2D eigenvalue weighted by molar-refractivity contribution is 0.0787. The van der Waals surface area contributed by atoms with Crippen molar-refractivity contribution in [3.63, 3.8) is 0 Å². The molecule has 1 saturated carbocycles. The first-order valence-corrected chi connectivity index (χ1v) is 9.29. The molecule has 27 heavy (non-hydrogen) atoms. The molecule has 1 saturated heterocycles. The van der Waals surface area contributed by atoms with Crippen molar-refractivity contribution in [3.05, 3.63) is 47.4 Å². The molecule has 8 heteroatoms. The van der Waals surface area contributed by atoms with Crippen LogP contribution in [-0.2, 0) is 0 Å². The van der Waals surface area contributed by atoms with E-state index < -0.39 is 0 Å². The molecule has 2 fully saturated rings. The number of benzene rings is 1. The van der Waals surface area contributed by atoms with Gasteiger partial charge in [-0.3, -0.25) is 4.79 Å². The molecule has 0 N–H and O–H groups in total. The summed E-state index contributed by atoms with van der Waals surface area (Å²) in [5.41, 5.74) is 2.45. The van der Waals surface area contributed by atoms with Gasteiger partial charge in [0.2, 0.25) is 0 Å². The van der Waals surface area contributed by atoms with E-state index in [9.17, 15) is 4.79 Å². The first-order chi connectivity index (χ1) is 13.2. The summed E-state index contributed by atoms with van der Waals surface area (Å²) in [5, 5.41) is 12.4. The lowest BCUT2D eigenvalue weighted by Gasteiger charge is -2.16. The molecule has 1 atom stereocenters. The molecule has 1 amide bonds. The van der Waals surface area contributed by atoms with Gasteiger partial charge in [0, 0.05) is 24.6 Å². The first-order valence-electron chi connectivity index (χ1n) is 9.29. The van der Waals surface area contributed by atoms with Gasteiger partial charge in [0.05, 0.1) is 12.2 Å². The van der Waals surface area contributed by atoms with E-state index in [4.69, 9.17) is 4.52 Å². The molecule has 0 bridgehead atoms. The highest BCUT2D eigenvalue weighted by Crippen LogP contribution is 2.38.